The number of hydrogen-bond donors (Lipinski definition) is 3. The smallest absolute Gasteiger partial charge is 0.220 e. The number of carbonyl (C=O) groups excluding carboxylic acids is 1. The summed E-state index contributed by atoms with van der Waals surface area (Å²) in [4.78, 5) is 12.4. The Morgan fingerprint density at radius 2 is 0.684 bits per heavy atom. The van der Waals surface area contributed by atoms with E-state index in [1.54, 1.807) is 6.08 Å². The molecule has 0 saturated carbocycles. The lowest BCUT2D eigenvalue weighted by molar-refractivity contribution is -0.123. The van der Waals surface area contributed by atoms with E-state index in [4.69, 9.17) is 0 Å². The normalized spacial score (nSPS) is 13.1. The summed E-state index contributed by atoms with van der Waals surface area (Å²) in [5.41, 5.74) is 0. The van der Waals surface area contributed by atoms with Crippen LogP contribution in [0, 0.1) is 0 Å². The molecule has 0 aromatic carbocycles. The van der Waals surface area contributed by atoms with Crippen molar-refractivity contribution in [3.63, 3.8) is 0 Å². The molecule has 0 saturated heterocycles. The minimum absolute atomic E-state index is 0.0731. The maximum Gasteiger partial charge on any atom is 0.220 e. The fraction of sp³-hybridized carbons (Fsp3) is 0.868. The van der Waals surface area contributed by atoms with E-state index in [2.05, 4.69) is 43.5 Å². The maximum atomic E-state index is 12.4. The molecule has 57 heavy (non-hydrogen) atoms. The molecule has 336 valence electrons. The fourth-order valence-corrected chi connectivity index (χ4v) is 7.92. The average molecular weight is 800 g/mol. The first-order chi connectivity index (χ1) is 28.2. The summed E-state index contributed by atoms with van der Waals surface area (Å²) in [6, 6.07) is -0.643. The quantitative estimate of drug-likeness (QED) is 0.0424. The second-order valence-corrected chi connectivity index (χ2v) is 17.6. The molecule has 0 aliphatic rings. The monoisotopic (exact) mass is 800 g/mol. The van der Waals surface area contributed by atoms with Crippen molar-refractivity contribution in [1.29, 1.82) is 0 Å². The molecule has 4 nitrogen and oxygen atoms in total. The van der Waals surface area contributed by atoms with Crippen LogP contribution in [0.4, 0.5) is 0 Å². The first-order valence-electron chi connectivity index (χ1n) is 25.7. The van der Waals surface area contributed by atoms with Gasteiger partial charge in [0.1, 0.15) is 0 Å². The zero-order chi connectivity index (χ0) is 41.4. The Kier molecular flexibility index (Phi) is 47.8. The minimum Gasteiger partial charge on any atom is -0.394 e. The summed E-state index contributed by atoms with van der Waals surface area (Å²) in [7, 11) is 0. The summed E-state index contributed by atoms with van der Waals surface area (Å²) < 4.78 is 0. The van der Waals surface area contributed by atoms with Crippen molar-refractivity contribution < 1.29 is 15.0 Å². The van der Waals surface area contributed by atoms with Crippen LogP contribution in [-0.4, -0.2) is 34.9 Å². The van der Waals surface area contributed by atoms with E-state index in [0.717, 1.165) is 38.5 Å². The molecule has 0 fully saturated rings. The molecule has 0 aromatic heterocycles. The molecule has 0 radical (unpaired) electrons. The standard InChI is InChI=1S/C53H101NO3/c1-3-5-7-9-11-13-15-17-19-21-23-25-26-27-28-29-31-33-35-37-39-41-43-45-47-49-53(57)54-51(50-55)52(56)48-46-44-42-40-38-36-34-32-30-24-22-20-18-16-14-12-10-8-6-4-2/h30,32,38,40,46,48,51-52,55-56H,3-29,31,33-37,39,41-45,47,49-50H2,1-2H3,(H,54,57)/b32-30+,40-38+,48-46+. The van der Waals surface area contributed by atoms with E-state index < -0.39 is 12.1 Å². The lowest BCUT2D eigenvalue weighted by atomic mass is 10.0. The number of unbranched alkanes of at least 4 members (excludes halogenated alkanes) is 36. The highest BCUT2D eigenvalue weighted by Gasteiger charge is 2.17. The van der Waals surface area contributed by atoms with Crippen molar-refractivity contribution in [3.05, 3.63) is 36.5 Å². The van der Waals surface area contributed by atoms with E-state index in [0.29, 0.717) is 6.42 Å². The highest BCUT2D eigenvalue weighted by Crippen LogP contribution is 2.17. The lowest BCUT2D eigenvalue weighted by Gasteiger charge is -2.19. The van der Waals surface area contributed by atoms with Crippen molar-refractivity contribution in [2.45, 2.75) is 289 Å². The van der Waals surface area contributed by atoms with E-state index in [9.17, 15) is 15.0 Å². The zero-order valence-electron chi connectivity index (χ0n) is 38.6. The van der Waals surface area contributed by atoms with E-state index in [-0.39, 0.29) is 12.5 Å². The van der Waals surface area contributed by atoms with Crippen molar-refractivity contribution >= 4 is 5.91 Å². The third-order valence-electron chi connectivity index (χ3n) is 11.9. The summed E-state index contributed by atoms with van der Waals surface area (Å²) in [5, 5.41) is 23.1. The van der Waals surface area contributed by atoms with E-state index >= 15 is 0 Å². The predicted octanol–water partition coefficient (Wildman–Crippen LogP) is 16.5. The Morgan fingerprint density at radius 3 is 1.02 bits per heavy atom. The summed E-state index contributed by atoms with van der Waals surface area (Å²) in [6.07, 6.45) is 65.7. The van der Waals surface area contributed by atoms with Gasteiger partial charge in [0, 0.05) is 6.42 Å². The molecule has 0 spiro atoms. The lowest BCUT2D eigenvalue weighted by Crippen LogP contribution is -2.45. The van der Waals surface area contributed by atoms with Gasteiger partial charge in [-0.15, -0.1) is 0 Å². The van der Waals surface area contributed by atoms with Crippen molar-refractivity contribution in [1.82, 2.24) is 5.32 Å². The average Bonchev–Trinajstić information content (AvgIpc) is 3.22. The first-order valence-corrected chi connectivity index (χ1v) is 25.7. The Bertz CT molecular complexity index is 866. The van der Waals surface area contributed by atoms with Gasteiger partial charge in [-0.3, -0.25) is 4.79 Å². The number of allylic oxidation sites excluding steroid dienone is 5. The Labute approximate surface area is 357 Å². The van der Waals surface area contributed by atoms with Crippen LogP contribution in [0.2, 0.25) is 0 Å². The molecule has 2 unspecified atom stereocenters. The van der Waals surface area contributed by atoms with Crippen molar-refractivity contribution in [2.24, 2.45) is 0 Å². The number of carbonyl (C=O) groups is 1. The van der Waals surface area contributed by atoms with Gasteiger partial charge in [0.2, 0.25) is 5.91 Å². The second-order valence-electron chi connectivity index (χ2n) is 17.6. The highest BCUT2D eigenvalue weighted by atomic mass is 16.3. The molecule has 2 atom stereocenters. The third kappa shape index (κ3) is 45.5. The Morgan fingerprint density at radius 1 is 0.404 bits per heavy atom. The van der Waals surface area contributed by atoms with Crippen LogP contribution in [0.15, 0.2) is 36.5 Å². The summed E-state index contributed by atoms with van der Waals surface area (Å²) in [5.74, 6) is -0.0731. The molecule has 0 aromatic rings. The van der Waals surface area contributed by atoms with Crippen LogP contribution in [0.25, 0.3) is 0 Å². The second kappa shape index (κ2) is 49.0. The van der Waals surface area contributed by atoms with Crippen LogP contribution in [-0.2, 0) is 4.79 Å². The molecule has 0 aliphatic heterocycles. The number of rotatable bonds is 47. The number of aliphatic hydroxyl groups is 2. The van der Waals surface area contributed by atoms with Gasteiger partial charge in [-0.2, -0.15) is 0 Å². The number of amides is 1. The molecule has 0 aliphatic carbocycles. The molecule has 1 amide bonds. The van der Waals surface area contributed by atoms with E-state index in [1.807, 2.05) is 6.08 Å². The van der Waals surface area contributed by atoms with Gasteiger partial charge in [0.25, 0.3) is 0 Å². The maximum absolute atomic E-state index is 12.4. The van der Waals surface area contributed by atoms with Gasteiger partial charge >= 0.3 is 0 Å². The molecular weight excluding hydrogens is 699 g/mol. The number of hydrogen-bond acceptors (Lipinski definition) is 3. The topological polar surface area (TPSA) is 69.6 Å². The highest BCUT2D eigenvalue weighted by molar-refractivity contribution is 5.76. The van der Waals surface area contributed by atoms with Gasteiger partial charge in [-0.1, -0.05) is 262 Å². The van der Waals surface area contributed by atoms with Crippen LogP contribution < -0.4 is 5.32 Å². The van der Waals surface area contributed by atoms with Gasteiger partial charge in [-0.05, 0) is 44.9 Å². The van der Waals surface area contributed by atoms with Gasteiger partial charge in [0.05, 0.1) is 18.8 Å². The van der Waals surface area contributed by atoms with Crippen LogP contribution in [0.3, 0.4) is 0 Å². The van der Waals surface area contributed by atoms with Crippen LogP contribution >= 0.6 is 0 Å². The largest absolute Gasteiger partial charge is 0.394 e. The summed E-state index contributed by atoms with van der Waals surface area (Å²) >= 11 is 0. The molecule has 3 N–H and O–H groups in total. The Hall–Kier alpha value is -1.39. The first kappa shape index (κ1) is 55.6. The third-order valence-corrected chi connectivity index (χ3v) is 11.9. The van der Waals surface area contributed by atoms with Crippen molar-refractivity contribution in [3.8, 4) is 0 Å². The summed E-state index contributed by atoms with van der Waals surface area (Å²) in [6.45, 7) is 4.32. The SMILES string of the molecule is CCCCCCCCCCCC/C=C/CC/C=C/CC/C=C/C(O)C(CO)NC(=O)CCCCCCCCCCCCCCCCCCCCCCCCCCC. The zero-order valence-corrected chi connectivity index (χ0v) is 38.6. The molecular formula is C53H101NO3. The van der Waals surface area contributed by atoms with Crippen molar-refractivity contribution in [2.75, 3.05) is 6.61 Å². The number of aliphatic hydroxyl groups excluding tert-OH is 2. The van der Waals surface area contributed by atoms with Crippen LogP contribution in [0.1, 0.15) is 277 Å². The Balaban J connectivity index is 3.54. The molecule has 0 rings (SSSR count). The molecule has 0 bridgehead atoms. The minimum atomic E-state index is -0.868. The predicted molar refractivity (Wildman–Crippen MR) is 253 cm³/mol. The fourth-order valence-electron chi connectivity index (χ4n) is 7.92. The van der Waals surface area contributed by atoms with Gasteiger partial charge in [-0.25, -0.2) is 0 Å². The molecule has 0 heterocycles. The van der Waals surface area contributed by atoms with Gasteiger partial charge in [0.15, 0.2) is 0 Å². The molecule has 4 heteroatoms. The van der Waals surface area contributed by atoms with Crippen LogP contribution in [0.5, 0.6) is 0 Å². The number of nitrogens with one attached hydrogen (secondary N) is 1. The van der Waals surface area contributed by atoms with Gasteiger partial charge < -0.3 is 15.5 Å². The van der Waals surface area contributed by atoms with E-state index in [1.165, 1.54) is 218 Å².